The highest BCUT2D eigenvalue weighted by molar-refractivity contribution is 7.90. The molecule has 0 bridgehead atoms. The molecule has 2 aromatic heterocycles. The zero-order valence-electron chi connectivity index (χ0n) is 17.1. The van der Waals surface area contributed by atoms with Gasteiger partial charge in [0.15, 0.2) is 9.84 Å². The van der Waals surface area contributed by atoms with Crippen LogP contribution in [0.5, 0.6) is 0 Å². The van der Waals surface area contributed by atoms with Crippen LogP contribution in [0.2, 0.25) is 0 Å². The van der Waals surface area contributed by atoms with E-state index in [1.54, 1.807) is 12.1 Å². The van der Waals surface area contributed by atoms with E-state index in [2.05, 4.69) is 15.6 Å². The van der Waals surface area contributed by atoms with Crippen LogP contribution in [0, 0.1) is 6.92 Å². The number of nitrogens with zero attached hydrogens (tertiary/aromatic N) is 3. The van der Waals surface area contributed by atoms with Crippen LogP contribution in [-0.4, -0.2) is 53.4 Å². The number of carbonyl (C=O) groups is 1. The van der Waals surface area contributed by atoms with Crippen LogP contribution in [0.15, 0.2) is 47.6 Å². The molecule has 0 spiro atoms. The number of likely N-dealkylation sites (tertiary alicyclic amines) is 1. The summed E-state index contributed by atoms with van der Waals surface area (Å²) in [7, 11) is -3.24. The molecule has 0 aliphatic carbocycles. The van der Waals surface area contributed by atoms with Crippen LogP contribution >= 0.6 is 0 Å². The third kappa shape index (κ3) is 4.05. The van der Waals surface area contributed by atoms with Crippen molar-refractivity contribution in [1.29, 1.82) is 0 Å². The SMILES string of the molecule is Cc1cn(Cc2ccc(C3CCN(C(=O)O)CC3)cn2)c2ccc(S(C)(=O)=O)cc12. The summed E-state index contributed by atoms with van der Waals surface area (Å²) in [5.74, 6) is 0.339. The standard InChI is InChI=1S/C22H25N3O4S/c1-15-13-25(21-6-5-19(11-20(15)21)30(2,28)29)14-18-4-3-17(12-23-18)16-7-9-24(10-8-16)22(26)27/h3-6,11-13,16H,7-10,14H2,1-2H3,(H,26,27). The predicted molar refractivity (Wildman–Crippen MR) is 115 cm³/mol. The van der Waals surface area contributed by atoms with E-state index in [1.807, 2.05) is 31.5 Å². The van der Waals surface area contributed by atoms with Gasteiger partial charge >= 0.3 is 6.09 Å². The van der Waals surface area contributed by atoms with Crippen LogP contribution in [-0.2, 0) is 16.4 Å². The van der Waals surface area contributed by atoms with E-state index in [0.29, 0.717) is 30.4 Å². The van der Waals surface area contributed by atoms with Crippen LogP contribution in [0.3, 0.4) is 0 Å². The summed E-state index contributed by atoms with van der Waals surface area (Å²) in [4.78, 5) is 17.5. The molecule has 0 saturated carbocycles. The molecule has 1 aromatic carbocycles. The van der Waals surface area contributed by atoms with E-state index in [9.17, 15) is 13.2 Å². The van der Waals surface area contributed by atoms with Crippen molar-refractivity contribution in [3.8, 4) is 0 Å². The normalized spacial score (nSPS) is 15.6. The molecular formula is C22H25N3O4S. The summed E-state index contributed by atoms with van der Waals surface area (Å²) < 4.78 is 25.8. The van der Waals surface area contributed by atoms with Gasteiger partial charge in [0.2, 0.25) is 0 Å². The van der Waals surface area contributed by atoms with Crippen LogP contribution in [0.25, 0.3) is 10.9 Å². The van der Waals surface area contributed by atoms with Crippen molar-refractivity contribution in [3.63, 3.8) is 0 Å². The van der Waals surface area contributed by atoms with Gasteiger partial charge in [0.05, 0.1) is 17.1 Å². The molecule has 8 heteroatoms. The third-order valence-corrected chi connectivity index (χ3v) is 7.01. The molecule has 4 rings (SSSR count). The first-order valence-corrected chi connectivity index (χ1v) is 11.8. The van der Waals surface area contributed by atoms with Crippen molar-refractivity contribution < 1.29 is 18.3 Å². The summed E-state index contributed by atoms with van der Waals surface area (Å²) in [6.45, 7) is 3.70. The fraction of sp³-hybridized carbons (Fsp3) is 0.364. The first kappa shape index (κ1) is 20.4. The molecule has 1 aliphatic heterocycles. The molecule has 1 amide bonds. The molecule has 3 heterocycles. The van der Waals surface area contributed by atoms with Gasteiger partial charge in [-0.1, -0.05) is 6.07 Å². The number of sulfone groups is 1. The van der Waals surface area contributed by atoms with Crippen molar-refractivity contribution in [1.82, 2.24) is 14.5 Å². The van der Waals surface area contributed by atoms with Crippen molar-refractivity contribution in [2.24, 2.45) is 0 Å². The number of piperidine rings is 1. The lowest BCUT2D eigenvalue weighted by Crippen LogP contribution is -2.36. The molecule has 0 atom stereocenters. The number of fused-ring (bicyclic) bond motifs is 1. The number of carboxylic acid groups (broad SMARTS) is 1. The lowest BCUT2D eigenvalue weighted by molar-refractivity contribution is 0.132. The molecule has 1 aliphatic rings. The fourth-order valence-electron chi connectivity index (χ4n) is 4.17. The van der Waals surface area contributed by atoms with Gasteiger partial charge in [-0.2, -0.15) is 0 Å². The summed E-state index contributed by atoms with van der Waals surface area (Å²) in [6.07, 6.45) is 5.93. The Morgan fingerprint density at radius 2 is 1.93 bits per heavy atom. The zero-order chi connectivity index (χ0) is 21.5. The molecular weight excluding hydrogens is 402 g/mol. The Labute approximate surface area is 175 Å². The van der Waals surface area contributed by atoms with E-state index in [4.69, 9.17) is 5.11 Å². The molecule has 1 fully saturated rings. The van der Waals surface area contributed by atoms with E-state index >= 15 is 0 Å². The Morgan fingerprint density at radius 1 is 1.20 bits per heavy atom. The summed E-state index contributed by atoms with van der Waals surface area (Å²) in [5.41, 5.74) is 4.07. The van der Waals surface area contributed by atoms with Crippen LogP contribution in [0.4, 0.5) is 4.79 Å². The number of aromatic nitrogens is 2. The molecule has 0 radical (unpaired) electrons. The largest absolute Gasteiger partial charge is 0.465 e. The molecule has 158 valence electrons. The second-order valence-corrected chi connectivity index (χ2v) is 10.0. The van der Waals surface area contributed by atoms with Gasteiger partial charge in [-0.25, -0.2) is 13.2 Å². The van der Waals surface area contributed by atoms with Crippen LogP contribution in [0.1, 0.15) is 35.6 Å². The average molecular weight is 428 g/mol. The fourth-order valence-corrected chi connectivity index (χ4v) is 4.81. The highest BCUT2D eigenvalue weighted by Gasteiger charge is 2.23. The van der Waals surface area contributed by atoms with Gasteiger partial charge in [-0.15, -0.1) is 0 Å². The highest BCUT2D eigenvalue weighted by atomic mass is 32.2. The van der Waals surface area contributed by atoms with Gasteiger partial charge in [-0.3, -0.25) is 4.98 Å². The van der Waals surface area contributed by atoms with E-state index in [-0.39, 0.29) is 0 Å². The Bertz CT molecular complexity index is 1190. The second kappa shape index (κ2) is 7.75. The lowest BCUT2D eigenvalue weighted by atomic mass is 9.90. The molecule has 0 unspecified atom stereocenters. The maximum atomic E-state index is 11.9. The Hall–Kier alpha value is -2.87. The Balaban J connectivity index is 1.51. The summed E-state index contributed by atoms with van der Waals surface area (Å²) in [5, 5.41) is 10.0. The monoisotopic (exact) mass is 427 g/mol. The van der Waals surface area contributed by atoms with Crippen molar-refractivity contribution >= 4 is 26.8 Å². The zero-order valence-corrected chi connectivity index (χ0v) is 17.9. The van der Waals surface area contributed by atoms with Crippen molar-refractivity contribution in [3.05, 3.63) is 59.5 Å². The van der Waals surface area contributed by atoms with Gasteiger partial charge in [0.25, 0.3) is 0 Å². The predicted octanol–water partition coefficient (Wildman–Crippen LogP) is 3.65. The average Bonchev–Trinajstić information content (AvgIpc) is 3.03. The van der Waals surface area contributed by atoms with Gasteiger partial charge in [0.1, 0.15) is 0 Å². The number of rotatable bonds is 4. The smallest absolute Gasteiger partial charge is 0.407 e. The molecule has 7 nitrogen and oxygen atoms in total. The molecule has 3 aromatic rings. The summed E-state index contributed by atoms with van der Waals surface area (Å²) in [6, 6.07) is 9.34. The number of pyridine rings is 1. The second-order valence-electron chi connectivity index (χ2n) is 8.02. The van der Waals surface area contributed by atoms with E-state index in [0.717, 1.165) is 40.6 Å². The van der Waals surface area contributed by atoms with E-state index < -0.39 is 15.9 Å². The number of hydrogen-bond acceptors (Lipinski definition) is 4. The number of hydrogen-bond donors (Lipinski definition) is 1. The van der Waals surface area contributed by atoms with Gasteiger partial charge in [-0.05, 0) is 61.1 Å². The minimum atomic E-state index is -3.24. The minimum Gasteiger partial charge on any atom is -0.465 e. The van der Waals surface area contributed by atoms with Crippen LogP contribution < -0.4 is 0 Å². The quantitative estimate of drug-likeness (QED) is 0.686. The molecule has 1 N–H and O–H groups in total. The topological polar surface area (TPSA) is 92.5 Å². The number of benzene rings is 1. The van der Waals surface area contributed by atoms with Gasteiger partial charge in [0, 0.05) is 42.6 Å². The molecule has 1 saturated heterocycles. The first-order chi connectivity index (χ1) is 14.2. The molecule has 30 heavy (non-hydrogen) atoms. The Morgan fingerprint density at radius 3 is 2.53 bits per heavy atom. The van der Waals surface area contributed by atoms with E-state index in [1.165, 1.54) is 11.2 Å². The number of aryl methyl sites for hydroxylation is 1. The minimum absolute atomic E-state index is 0.326. The lowest BCUT2D eigenvalue weighted by Gasteiger charge is -2.30. The van der Waals surface area contributed by atoms with Crippen molar-refractivity contribution in [2.75, 3.05) is 19.3 Å². The highest BCUT2D eigenvalue weighted by Crippen LogP contribution is 2.28. The third-order valence-electron chi connectivity index (χ3n) is 5.90. The van der Waals surface area contributed by atoms with Gasteiger partial charge < -0.3 is 14.6 Å². The first-order valence-electron chi connectivity index (χ1n) is 9.94. The maximum Gasteiger partial charge on any atom is 0.407 e. The Kier molecular flexibility index (Phi) is 5.27. The summed E-state index contributed by atoms with van der Waals surface area (Å²) >= 11 is 0. The van der Waals surface area contributed by atoms with Crippen molar-refractivity contribution in [2.45, 2.75) is 37.1 Å². The number of amides is 1. The maximum absolute atomic E-state index is 11.9.